The molecule has 2 aromatic rings. The lowest BCUT2D eigenvalue weighted by Crippen LogP contribution is -2.16. The van der Waals surface area contributed by atoms with Gasteiger partial charge in [-0.15, -0.1) is 21.5 Å². The zero-order chi connectivity index (χ0) is 12.8. The van der Waals surface area contributed by atoms with E-state index in [1.165, 1.54) is 6.42 Å². The third kappa shape index (κ3) is 3.75. The normalized spacial score (nSPS) is 11.0. The van der Waals surface area contributed by atoms with Crippen molar-refractivity contribution in [2.24, 2.45) is 0 Å². The van der Waals surface area contributed by atoms with Crippen LogP contribution in [0.1, 0.15) is 24.8 Å². The summed E-state index contributed by atoms with van der Waals surface area (Å²) >= 11 is 9.34. The van der Waals surface area contributed by atoms with Gasteiger partial charge in [0.1, 0.15) is 5.01 Å². The second-order valence-corrected chi connectivity index (χ2v) is 6.34. The van der Waals surface area contributed by atoms with Crippen molar-refractivity contribution in [3.05, 3.63) is 21.5 Å². The summed E-state index contributed by atoms with van der Waals surface area (Å²) in [5.41, 5.74) is 0. The molecule has 0 aliphatic rings. The molecule has 98 valence electrons. The van der Waals surface area contributed by atoms with Crippen LogP contribution in [0.3, 0.4) is 0 Å². The van der Waals surface area contributed by atoms with Gasteiger partial charge in [-0.1, -0.05) is 29.9 Å². The number of hydrogen-bond acceptors (Lipinski definition) is 5. The lowest BCUT2D eigenvalue weighted by atomic mass is 10.3. The lowest BCUT2D eigenvalue weighted by Gasteiger charge is -1.99. The number of rotatable bonds is 7. The first-order valence-electron chi connectivity index (χ1n) is 6.07. The van der Waals surface area contributed by atoms with Crippen molar-refractivity contribution in [1.82, 2.24) is 15.5 Å². The van der Waals surface area contributed by atoms with Crippen LogP contribution in [-0.2, 0) is 6.42 Å². The zero-order valence-electron chi connectivity index (χ0n) is 10.3. The van der Waals surface area contributed by atoms with Gasteiger partial charge < -0.3 is 5.32 Å². The maximum Gasteiger partial charge on any atom is 0.159 e. The highest BCUT2D eigenvalue weighted by atomic mass is 35.5. The molecule has 0 aliphatic heterocycles. The van der Waals surface area contributed by atoms with Crippen LogP contribution in [-0.4, -0.2) is 23.3 Å². The highest BCUT2D eigenvalue weighted by Crippen LogP contribution is 2.34. The molecule has 0 radical (unpaired) electrons. The van der Waals surface area contributed by atoms with E-state index in [0.717, 1.165) is 45.8 Å². The first kappa shape index (κ1) is 13.9. The van der Waals surface area contributed by atoms with E-state index in [9.17, 15) is 0 Å². The van der Waals surface area contributed by atoms with Crippen molar-refractivity contribution in [3.8, 4) is 9.88 Å². The third-order valence-corrected chi connectivity index (χ3v) is 4.93. The fourth-order valence-electron chi connectivity index (χ4n) is 1.56. The number of thiophene rings is 1. The fourth-order valence-corrected chi connectivity index (χ4v) is 3.74. The second kappa shape index (κ2) is 7.19. The SMILES string of the molecule is CCCNCCCc1nnc(-c2sccc2Cl)s1. The molecule has 0 saturated carbocycles. The predicted molar refractivity (Wildman–Crippen MR) is 79.7 cm³/mol. The Hall–Kier alpha value is -0.490. The van der Waals surface area contributed by atoms with Crippen molar-refractivity contribution in [2.45, 2.75) is 26.2 Å². The maximum absolute atomic E-state index is 6.08. The lowest BCUT2D eigenvalue weighted by molar-refractivity contribution is 0.637. The summed E-state index contributed by atoms with van der Waals surface area (Å²) in [6, 6.07) is 1.90. The van der Waals surface area contributed by atoms with E-state index in [-0.39, 0.29) is 0 Å². The Morgan fingerprint density at radius 3 is 2.94 bits per heavy atom. The molecule has 0 aromatic carbocycles. The van der Waals surface area contributed by atoms with E-state index >= 15 is 0 Å². The van der Waals surface area contributed by atoms with Crippen molar-refractivity contribution in [3.63, 3.8) is 0 Å². The van der Waals surface area contributed by atoms with E-state index in [1.54, 1.807) is 22.7 Å². The minimum absolute atomic E-state index is 0.771. The maximum atomic E-state index is 6.08. The van der Waals surface area contributed by atoms with Crippen molar-refractivity contribution >= 4 is 34.3 Å². The Balaban J connectivity index is 1.85. The molecule has 0 unspecified atom stereocenters. The van der Waals surface area contributed by atoms with Crippen molar-refractivity contribution in [1.29, 1.82) is 0 Å². The number of nitrogens with zero attached hydrogens (tertiary/aromatic N) is 2. The summed E-state index contributed by atoms with van der Waals surface area (Å²) in [4.78, 5) is 1.03. The Bertz CT molecular complexity index is 481. The largest absolute Gasteiger partial charge is 0.317 e. The molecule has 0 atom stereocenters. The number of nitrogens with one attached hydrogen (secondary N) is 1. The van der Waals surface area contributed by atoms with Crippen molar-refractivity contribution < 1.29 is 0 Å². The molecule has 0 bridgehead atoms. The van der Waals surface area contributed by atoms with Gasteiger partial charge in [0.05, 0.1) is 9.90 Å². The van der Waals surface area contributed by atoms with Gasteiger partial charge in [-0.3, -0.25) is 0 Å². The molecule has 0 spiro atoms. The summed E-state index contributed by atoms with van der Waals surface area (Å²) in [5, 5.41) is 16.6. The van der Waals surface area contributed by atoms with Crippen LogP contribution in [0.4, 0.5) is 0 Å². The van der Waals surface area contributed by atoms with E-state index in [0.29, 0.717) is 0 Å². The Labute approximate surface area is 120 Å². The van der Waals surface area contributed by atoms with E-state index in [1.807, 2.05) is 11.4 Å². The van der Waals surface area contributed by atoms with Crippen LogP contribution >= 0.6 is 34.3 Å². The fraction of sp³-hybridized carbons (Fsp3) is 0.500. The molecule has 0 fully saturated rings. The Kier molecular flexibility index (Phi) is 5.56. The highest BCUT2D eigenvalue weighted by Gasteiger charge is 2.11. The molecule has 18 heavy (non-hydrogen) atoms. The predicted octanol–water partition coefficient (Wildman–Crippen LogP) is 3.85. The molecule has 0 amide bonds. The quantitative estimate of drug-likeness (QED) is 0.789. The summed E-state index contributed by atoms with van der Waals surface area (Å²) in [5.74, 6) is 0. The van der Waals surface area contributed by atoms with E-state index < -0.39 is 0 Å². The first-order valence-corrected chi connectivity index (χ1v) is 8.15. The van der Waals surface area contributed by atoms with Gasteiger partial charge in [0, 0.05) is 6.42 Å². The molecule has 2 heterocycles. The standard InChI is InChI=1S/C12H16ClN3S2/c1-2-6-14-7-3-4-10-15-16-12(18-10)11-9(13)5-8-17-11/h5,8,14H,2-4,6-7H2,1H3. The molecule has 1 N–H and O–H groups in total. The summed E-state index contributed by atoms with van der Waals surface area (Å²) in [6.45, 7) is 4.31. The van der Waals surface area contributed by atoms with Gasteiger partial charge in [-0.05, 0) is 37.4 Å². The monoisotopic (exact) mass is 301 g/mol. The van der Waals surface area contributed by atoms with Gasteiger partial charge in [0.15, 0.2) is 5.01 Å². The average molecular weight is 302 g/mol. The minimum Gasteiger partial charge on any atom is -0.317 e. The van der Waals surface area contributed by atoms with Gasteiger partial charge in [-0.25, -0.2) is 0 Å². The first-order chi connectivity index (χ1) is 8.81. The van der Waals surface area contributed by atoms with Crippen LogP contribution in [0, 0.1) is 0 Å². The van der Waals surface area contributed by atoms with E-state index in [4.69, 9.17) is 11.6 Å². The molecule has 3 nitrogen and oxygen atoms in total. The summed E-state index contributed by atoms with van der Waals surface area (Å²) < 4.78 is 0. The van der Waals surface area contributed by atoms with Crippen LogP contribution in [0.15, 0.2) is 11.4 Å². The topological polar surface area (TPSA) is 37.8 Å². The van der Waals surface area contributed by atoms with Crippen LogP contribution < -0.4 is 5.32 Å². The number of aryl methyl sites for hydroxylation is 1. The van der Waals surface area contributed by atoms with Gasteiger partial charge in [-0.2, -0.15) is 0 Å². The molecule has 6 heteroatoms. The smallest absolute Gasteiger partial charge is 0.159 e. The summed E-state index contributed by atoms with van der Waals surface area (Å²) in [6.07, 6.45) is 3.27. The molecular formula is C12H16ClN3S2. The number of halogens is 1. The molecular weight excluding hydrogens is 286 g/mol. The minimum atomic E-state index is 0.771. The average Bonchev–Trinajstić information content (AvgIpc) is 2.97. The highest BCUT2D eigenvalue weighted by molar-refractivity contribution is 7.21. The van der Waals surface area contributed by atoms with Gasteiger partial charge >= 0.3 is 0 Å². The van der Waals surface area contributed by atoms with Crippen LogP contribution in [0.5, 0.6) is 0 Å². The van der Waals surface area contributed by atoms with Crippen LogP contribution in [0.25, 0.3) is 9.88 Å². The molecule has 2 rings (SSSR count). The van der Waals surface area contributed by atoms with Crippen LogP contribution in [0.2, 0.25) is 5.02 Å². The zero-order valence-corrected chi connectivity index (χ0v) is 12.7. The van der Waals surface area contributed by atoms with E-state index in [2.05, 4.69) is 22.4 Å². The van der Waals surface area contributed by atoms with Gasteiger partial charge in [0.25, 0.3) is 0 Å². The summed E-state index contributed by atoms with van der Waals surface area (Å²) in [7, 11) is 0. The Morgan fingerprint density at radius 1 is 1.33 bits per heavy atom. The second-order valence-electron chi connectivity index (χ2n) is 3.95. The Morgan fingerprint density at radius 2 is 2.22 bits per heavy atom. The number of hydrogen-bond donors (Lipinski definition) is 1. The third-order valence-electron chi connectivity index (χ3n) is 2.45. The molecule has 0 saturated heterocycles. The molecule has 0 aliphatic carbocycles. The van der Waals surface area contributed by atoms with Crippen molar-refractivity contribution in [2.75, 3.05) is 13.1 Å². The van der Waals surface area contributed by atoms with Gasteiger partial charge in [0.2, 0.25) is 0 Å². The number of aromatic nitrogens is 2. The molecule has 2 aromatic heterocycles.